The molecule has 5 N–H and O–H groups in total. The van der Waals surface area contributed by atoms with Gasteiger partial charge in [0.15, 0.2) is 18.2 Å². The van der Waals surface area contributed by atoms with Crippen molar-refractivity contribution in [2.75, 3.05) is 45.2 Å². The lowest BCUT2D eigenvalue weighted by Crippen LogP contribution is -3.11. The molecule has 2 heterocycles. The second kappa shape index (κ2) is 17.6. The predicted molar refractivity (Wildman–Crippen MR) is 160 cm³/mol. The third-order valence-corrected chi connectivity index (χ3v) is 7.25. The van der Waals surface area contributed by atoms with E-state index in [-0.39, 0.29) is 19.0 Å². The van der Waals surface area contributed by atoms with Crippen LogP contribution in [0.5, 0.6) is 0 Å². The van der Waals surface area contributed by atoms with Gasteiger partial charge in [-0.2, -0.15) is 8.42 Å². The highest BCUT2D eigenvalue weighted by atomic mass is 32.2. The predicted octanol–water partition coefficient (Wildman–Crippen LogP) is 2.20. The number of aliphatic hydroxyl groups is 1. The Kier molecular flexibility index (Phi) is 14.6. The Morgan fingerprint density at radius 1 is 1.10 bits per heavy atom. The largest absolute Gasteiger partial charge is 0.436 e. The van der Waals surface area contributed by atoms with Crippen molar-refractivity contribution in [2.24, 2.45) is 10.7 Å². The summed E-state index contributed by atoms with van der Waals surface area (Å²) < 4.78 is 43.5. The average molecular weight is 592 g/mol. The van der Waals surface area contributed by atoms with Crippen LogP contribution in [0.25, 0.3) is 22.8 Å². The number of nitrogens with zero attached hydrogens (tertiary/aromatic N) is 3. The number of amidine groups is 1. The third-order valence-electron chi connectivity index (χ3n) is 6.45. The Bertz CT molecular complexity index is 1320. The van der Waals surface area contributed by atoms with E-state index in [4.69, 9.17) is 24.5 Å². The van der Waals surface area contributed by atoms with Crippen molar-refractivity contribution < 1.29 is 36.7 Å². The molecule has 11 nitrogen and oxygen atoms in total. The van der Waals surface area contributed by atoms with Crippen LogP contribution in [0.2, 0.25) is 0 Å². The quantitative estimate of drug-likeness (QED) is 0.0689. The number of aliphatic imine (C=N–C) groups is 1. The summed E-state index contributed by atoms with van der Waals surface area (Å²) in [5, 5.41) is 8.73. The average Bonchev–Trinajstić information content (AvgIpc) is 3.44. The fourth-order valence-electron chi connectivity index (χ4n) is 3.96. The molecule has 0 fully saturated rings. The van der Waals surface area contributed by atoms with Gasteiger partial charge in [0.25, 0.3) is 10.1 Å². The molecule has 2 aromatic heterocycles. The van der Waals surface area contributed by atoms with Crippen LogP contribution in [0.4, 0.5) is 5.69 Å². The van der Waals surface area contributed by atoms with E-state index in [1.54, 1.807) is 23.5 Å². The maximum Gasteiger partial charge on any atom is 0.265 e. The Balaban J connectivity index is 0.000000745. The van der Waals surface area contributed by atoms with Gasteiger partial charge in [-0.1, -0.05) is 0 Å². The summed E-state index contributed by atoms with van der Waals surface area (Å²) in [5.41, 5.74) is 9.30. The zero-order valence-electron chi connectivity index (χ0n) is 24.5. The van der Waals surface area contributed by atoms with Crippen molar-refractivity contribution in [3.63, 3.8) is 0 Å². The van der Waals surface area contributed by atoms with E-state index in [1.165, 1.54) is 19.6 Å². The SMILES string of the molecule is CC[NH+](CC)CC.Cc1cc(-c2cnc(-c3cc[n+](CCCS(=O)(=O)O)cc3)o2)ccc1N=C(N)CCOCCO. The molecular formula is C29H45N5O6S+2. The van der Waals surface area contributed by atoms with Crippen LogP contribution in [0.3, 0.4) is 0 Å². The highest BCUT2D eigenvalue weighted by Gasteiger charge is 2.12. The standard InChI is InChI=1S/C23H28N4O6S.C6H15N/c1-17-15-19(3-4-20(17)26-22(24)7-12-32-13-11-28)21-16-25-23(33-21)18-5-9-27(10-6-18)8-2-14-34(29,30)31;1-4-7(5-2)6-3/h3-6,9-10,15-16,24,28H,2,7-8,11-14H2,1H3,(H,29,30,31);4-6H2,1-3H3/p+2. The topological polar surface area (TPSA) is 157 Å². The summed E-state index contributed by atoms with van der Waals surface area (Å²) >= 11 is 0. The molecule has 0 bridgehead atoms. The van der Waals surface area contributed by atoms with Gasteiger partial charge in [0.05, 0.1) is 57.1 Å². The van der Waals surface area contributed by atoms with Crippen molar-refractivity contribution in [3.05, 3.63) is 54.5 Å². The van der Waals surface area contributed by atoms with E-state index in [1.807, 2.05) is 41.8 Å². The van der Waals surface area contributed by atoms with Gasteiger partial charge in [-0.15, -0.1) is 0 Å². The lowest BCUT2D eigenvalue weighted by atomic mass is 10.1. The van der Waals surface area contributed by atoms with Crippen molar-refractivity contribution in [1.82, 2.24) is 4.98 Å². The summed E-state index contributed by atoms with van der Waals surface area (Å²) in [4.78, 5) is 10.5. The molecule has 41 heavy (non-hydrogen) atoms. The maximum absolute atomic E-state index is 10.8. The summed E-state index contributed by atoms with van der Waals surface area (Å²) in [6, 6.07) is 9.37. The molecule has 0 amide bonds. The number of hydrogen-bond acceptors (Lipinski definition) is 7. The highest BCUT2D eigenvalue weighted by Crippen LogP contribution is 2.29. The zero-order chi connectivity index (χ0) is 30.3. The summed E-state index contributed by atoms with van der Waals surface area (Å²) in [5.74, 6) is 1.26. The molecule has 0 aliphatic heterocycles. The van der Waals surface area contributed by atoms with Gasteiger partial charge in [-0.3, -0.25) is 4.55 Å². The molecule has 0 aliphatic rings. The first-order chi connectivity index (χ1) is 19.6. The first-order valence-corrected chi connectivity index (χ1v) is 15.6. The number of aromatic nitrogens is 2. The number of nitrogens with two attached hydrogens (primary N) is 1. The Labute approximate surface area is 243 Å². The fourth-order valence-corrected chi connectivity index (χ4v) is 4.45. The number of pyridine rings is 1. The fraction of sp³-hybridized carbons (Fsp3) is 0.483. The van der Waals surface area contributed by atoms with Crippen molar-refractivity contribution in [3.8, 4) is 22.8 Å². The van der Waals surface area contributed by atoms with E-state index < -0.39 is 10.1 Å². The van der Waals surface area contributed by atoms with Crippen LogP contribution in [-0.4, -0.2) is 74.1 Å². The van der Waals surface area contributed by atoms with E-state index >= 15 is 0 Å². The summed E-state index contributed by atoms with van der Waals surface area (Å²) in [7, 11) is -3.95. The molecule has 1 aromatic carbocycles. The number of benzene rings is 1. The van der Waals surface area contributed by atoms with Gasteiger partial charge in [0, 0.05) is 36.1 Å². The summed E-state index contributed by atoms with van der Waals surface area (Å²) in [6.07, 6.45) is 6.06. The molecule has 0 aliphatic carbocycles. The highest BCUT2D eigenvalue weighted by molar-refractivity contribution is 7.85. The van der Waals surface area contributed by atoms with Gasteiger partial charge >= 0.3 is 0 Å². The molecule has 3 aromatic rings. The van der Waals surface area contributed by atoms with Crippen molar-refractivity contribution >= 4 is 21.6 Å². The van der Waals surface area contributed by atoms with E-state index in [2.05, 4.69) is 30.7 Å². The third kappa shape index (κ3) is 12.5. The minimum Gasteiger partial charge on any atom is -0.436 e. The van der Waals surface area contributed by atoms with E-state index in [0.717, 1.165) is 22.4 Å². The Morgan fingerprint density at radius 3 is 2.34 bits per heavy atom. The number of hydrogen-bond donors (Lipinski definition) is 4. The molecule has 12 heteroatoms. The van der Waals surface area contributed by atoms with Gasteiger partial charge in [0.1, 0.15) is 12.4 Å². The smallest absolute Gasteiger partial charge is 0.265 e. The van der Waals surface area contributed by atoms with Crippen LogP contribution in [0.1, 0.15) is 39.2 Å². The molecule has 0 unspecified atom stereocenters. The second-order valence-electron chi connectivity index (χ2n) is 9.49. The molecule has 0 radical (unpaired) electrons. The molecule has 0 saturated heterocycles. The minimum atomic E-state index is -3.95. The second-order valence-corrected chi connectivity index (χ2v) is 11.1. The van der Waals surface area contributed by atoms with Gasteiger partial charge in [0.2, 0.25) is 5.89 Å². The molecule has 0 spiro atoms. The van der Waals surface area contributed by atoms with Gasteiger partial charge in [-0.05, 0) is 51.5 Å². The number of oxazole rings is 1. The number of ether oxygens (including phenoxy) is 1. The minimum absolute atomic E-state index is 0.0229. The van der Waals surface area contributed by atoms with E-state index in [9.17, 15) is 8.42 Å². The first kappa shape index (κ1) is 34.0. The molecule has 226 valence electrons. The number of aryl methyl sites for hydroxylation is 2. The number of aliphatic hydroxyl groups excluding tert-OH is 1. The lowest BCUT2D eigenvalue weighted by Gasteiger charge is -2.10. The van der Waals surface area contributed by atoms with Crippen LogP contribution >= 0.6 is 0 Å². The van der Waals surface area contributed by atoms with Crippen LogP contribution < -0.4 is 15.2 Å². The number of quaternary nitrogens is 1. The summed E-state index contributed by atoms with van der Waals surface area (Å²) in [6.45, 7) is 13.5. The normalized spacial score (nSPS) is 11.9. The molecule has 0 atom stereocenters. The van der Waals surface area contributed by atoms with Crippen molar-refractivity contribution in [2.45, 2.75) is 47.1 Å². The Morgan fingerprint density at radius 2 is 1.78 bits per heavy atom. The monoisotopic (exact) mass is 591 g/mol. The van der Waals surface area contributed by atoms with Crippen LogP contribution in [-0.2, 0) is 21.4 Å². The first-order valence-electron chi connectivity index (χ1n) is 14.0. The number of nitrogens with one attached hydrogen (secondary N) is 1. The maximum atomic E-state index is 10.8. The van der Waals surface area contributed by atoms with Gasteiger partial charge in [-0.25, -0.2) is 14.5 Å². The van der Waals surface area contributed by atoms with E-state index in [0.29, 0.717) is 43.5 Å². The molecule has 0 saturated carbocycles. The lowest BCUT2D eigenvalue weighted by molar-refractivity contribution is -0.894. The molecular weight excluding hydrogens is 546 g/mol. The Hall–Kier alpha value is -3.16. The number of rotatable bonds is 15. The molecule has 3 rings (SSSR count). The van der Waals surface area contributed by atoms with Crippen LogP contribution in [0.15, 0.2) is 58.3 Å². The van der Waals surface area contributed by atoms with Crippen LogP contribution in [0, 0.1) is 6.92 Å². The zero-order valence-corrected chi connectivity index (χ0v) is 25.4. The van der Waals surface area contributed by atoms with Crippen molar-refractivity contribution in [1.29, 1.82) is 0 Å². The van der Waals surface area contributed by atoms with Gasteiger partial charge < -0.3 is 24.9 Å².